The lowest BCUT2D eigenvalue weighted by atomic mass is 10.2. The first-order valence-corrected chi connectivity index (χ1v) is 4.40. The third kappa shape index (κ3) is 2.37. The van der Waals surface area contributed by atoms with Crippen LogP contribution in [0.15, 0.2) is 12.1 Å². The van der Waals surface area contributed by atoms with Crippen LogP contribution in [0.25, 0.3) is 0 Å². The molecule has 4 nitrogen and oxygen atoms in total. The molecular weight excluding hydrogens is 201 g/mol. The fourth-order valence-electron chi connectivity index (χ4n) is 1.12. The van der Waals surface area contributed by atoms with E-state index in [4.69, 9.17) is 10.5 Å². The largest absolute Gasteiger partial charge is 0.492 e. The summed E-state index contributed by atoms with van der Waals surface area (Å²) < 4.78 is 22.8. The molecule has 0 aliphatic heterocycles. The van der Waals surface area contributed by atoms with E-state index in [9.17, 15) is 9.18 Å². The number of hydrogen-bond donors (Lipinski definition) is 1. The highest BCUT2D eigenvalue weighted by atomic mass is 19.1. The Balaban J connectivity index is 3.17. The summed E-state index contributed by atoms with van der Waals surface area (Å²) in [5, 5.41) is 0. The van der Waals surface area contributed by atoms with Crippen molar-refractivity contribution >= 4 is 11.7 Å². The average molecular weight is 213 g/mol. The van der Waals surface area contributed by atoms with Gasteiger partial charge in [0, 0.05) is 6.07 Å². The third-order valence-electron chi connectivity index (χ3n) is 1.80. The molecule has 1 rings (SSSR count). The minimum atomic E-state index is -0.756. The van der Waals surface area contributed by atoms with Gasteiger partial charge in [0.2, 0.25) is 0 Å². The topological polar surface area (TPSA) is 61.5 Å². The number of nitrogens with two attached hydrogens (primary N) is 1. The predicted molar refractivity (Wildman–Crippen MR) is 53.3 cm³/mol. The van der Waals surface area contributed by atoms with Crippen LogP contribution in [0, 0.1) is 5.82 Å². The van der Waals surface area contributed by atoms with Crippen molar-refractivity contribution in [2.45, 2.75) is 6.92 Å². The normalized spacial score (nSPS) is 9.80. The zero-order chi connectivity index (χ0) is 11.4. The first-order valence-electron chi connectivity index (χ1n) is 4.40. The Kier molecular flexibility index (Phi) is 3.49. The summed E-state index contributed by atoms with van der Waals surface area (Å²) in [6, 6.07) is 2.28. The van der Waals surface area contributed by atoms with Gasteiger partial charge in [-0.25, -0.2) is 9.18 Å². The number of carbonyl (C=O) groups excluding carboxylic acids is 1. The fraction of sp³-hybridized carbons (Fsp3) is 0.300. The Hall–Kier alpha value is -1.78. The summed E-state index contributed by atoms with van der Waals surface area (Å²) in [5.74, 6) is -1.20. The summed E-state index contributed by atoms with van der Waals surface area (Å²) in [5.41, 5.74) is 5.47. The van der Waals surface area contributed by atoms with Gasteiger partial charge in [-0.05, 0) is 13.0 Å². The zero-order valence-electron chi connectivity index (χ0n) is 8.54. The minimum Gasteiger partial charge on any atom is -0.492 e. The number of anilines is 1. The molecule has 0 spiro atoms. The van der Waals surface area contributed by atoms with Crippen molar-refractivity contribution in [1.29, 1.82) is 0 Å². The van der Waals surface area contributed by atoms with E-state index in [1.54, 1.807) is 6.92 Å². The second-order valence-electron chi connectivity index (χ2n) is 2.79. The molecule has 0 unspecified atom stereocenters. The van der Waals surface area contributed by atoms with Gasteiger partial charge in [-0.15, -0.1) is 0 Å². The maximum absolute atomic E-state index is 13.3. The van der Waals surface area contributed by atoms with Gasteiger partial charge >= 0.3 is 5.97 Å². The van der Waals surface area contributed by atoms with Gasteiger partial charge < -0.3 is 15.2 Å². The fourth-order valence-corrected chi connectivity index (χ4v) is 1.12. The number of rotatable bonds is 3. The van der Waals surface area contributed by atoms with Crippen LogP contribution in [0.3, 0.4) is 0 Å². The Morgan fingerprint density at radius 3 is 2.73 bits per heavy atom. The Labute approximate surface area is 86.8 Å². The van der Waals surface area contributed by atoms with Crippen molar-refractivity contribution in [2.24, 2.45) is 0 Å². The minimum absolute atomic E-state index is 0.155. The molecule has 0 saturated carbocycles. The standard InChI is InChI=1S/C10H12FNO3/c1-3-15-9-4-6(10(13)14-2)7(11)5-8(9)12/h4-5H,3,12H2,1-2H3. The molecule has 0 aliphatic rings. The number of hydrogen-bond acceptors (Lipinski definition) is 4. The molecular formula is C10H12FNO3. The van der Waals surface area contributed by atoms with E-state index in [1.165, 1.54) is 13.2 Å². The number of esters is 1. The first-order chi connectivity index (χ1) is 7.10. The Bertz CT molecular complexity index is 379. The molecule has 15 heavy (non-hydrogen) atoms. The highest BCUT2D eigenvalue weighted by Crippen LogP contribution is 2.25. The van der Waals surface area contributed by atoms with Gasteiger partial charge in [0.05, 0.1) is 25.0 Å². The second kappa shape index (κ2) is 4.63. The summed E-state index contributed by atoms with van der Waals surface area (Å²) in [6.07, 6.45) is 0. The molecule has 1 aromatic carbocycles. The van der Waals surface area contributed by atoms with E-state index < -0.39 is 11.8 Å². The smallest absolute Gasteiger partial charge is 0.340 e. The van der Waals surface area contributed by atoms with Crippen molar-refractivity contribution in [3.8, 4) is 5.75 Å². The maximum atomic E-state index is 13.3. The molecule has 0 fully saturated rings. The highest BCUT2D eigenvalue weighted by molar-refractivity contribution is 5.91. The van der Waals surface area contributed by atoms with E-state index in [-0.39, 0.29) is 17.0 Å². The maximum Gasteiger partial charge on any atom is 0.340 e. The number of benzene rings is 1. The molecule has 0 aromatic heterocycles. The van der Waals surface area contributed by atoms with Crippen LogP contribution in [-0.4, -0.2) is 19.7 Å². The van der Waals surface area contributed by atoms with Crippen molar-refractivity contribution in [3.05, 3.63) is 23.5 Å². The summed E-state index contributed by atoms with van der Waals surface area (Å²) >= 11 is 0. The Morgan fingerprint density at radius 1 is 1.53 bits per heavy atom. The molecule has 0 heterocycles. The van der Waals surface area contributed by atoms with Crippen LogP contribution in [-0.2, 0) is 4.74 Å². The molecule has 0 bridgehead atoms. The van der Waals surface area contributed by atoms with E-state index in [0.29, 0.717) is 6.61 Å². The molecule has 2 N–H and O–H groups in total. The lowest BCUT2D eigenvalue weighted by molar-refractivity contribution is 0.0595. The number of nitrogen functional groups attached to an aromatic ring is 1. The molecule has 0 saturated heterocycles. The van der Waals surface area contributed by atoms with Gasteiger partial charge in [-0.1, -0.05) is 0 Å². The van der Waals surface area contributed by atoms with Gasteiger partial charge in [0.1, 0.15) is 11.6 Å². The van der Waals surface area contributed by atoms with Crippen molar-refractivity contribution in [2.75, 3.05) is 19.5 Å². The second-order valence-corrected chi connectivity index (χ2v) is 2.79. The van der Waals surface area contributed by atoms with E-state index >= 15 is 0 Å². The van der Waals surface area contributed by atoms with Crippen molar-refractivity contribution in [3.63, 3.8) is 0 Å². The predicted octanol–water partition coefficient (Wildman–Crippen LogP) is 1.59. The summed E-state index contributed by atoms with van der Waals surface area (Å²) in [6.45, 7) is 2.15. The number of methoxy groups -OCH3 is 1. The molecule has 0 amide bonds. The lowest BCUT2D eigenvalue weighted by Gasteiger charge is -2.09. The number of carbonyl (C=O) groups is 1. The first kappa shape index (κ1) is 11.3. The number of ether oxygens (including phenoxy) is 2. The number of halogens is 1. The quantitative estimate of drug-likeness (QED) is 0.611. The van der Waals surface area contributed by atoms with Gasteiger partial charge in [0.15, 0.2) is 0 Å². The van der Waals surface area contributed by atoms with Crippen LogP contribution in [0.4, 0.5) is 10.1 Å². The molecule has 5 heteroatoms. The van der Waals surface area contributed by atoms with Gasteiger partial charge in [-0.2, -0.15) is 0 Å². The Morgan fingerprint density at radius 2 is 2.20 bits per heavy atom. The van der Waals surface area contributed by atoms with E-state index in [2.05, 4.69) is 4.74 Å². The van der Waals surface area contributed by atoms with Crippen LogP contribution < -0.4 is 10.5 Å². The van der Waals surface area contributed by atoms with Crippen LogP contribution in [0.2, 0.25) is 0 Å². The van der Waals surface area contributed by atoms with Crippen molar-refractivity contribution < 1.29 is 18.7 Å². The van der Waals surface area contributed by atoms with Crippen LogP contribution in [0.1, 0.15) is 17.3 Å². The molecule has 82 valence electrons. The third-order valence-corrected chi connectivity index (χ3v) is 1.80. The lowest BCUT2D eigenvalue weighted by Crippen LogP contribution is -2.07. The highest BCUT2D eigenvalue weighted by Gasteiger charge is 2.15. The zero-order valence-corrected chi connectivity index (χ0v) is 8.54. The summed E-state index contributed by atoms with van der Waals surface area (Å²) in [4.78, 5) is 11.1. The van der Waals surface area contributed by atoms with Gasteiger partial charge in [-0.3, -0.25) is 0 Å². The molecule has 0 aliphatic carbocycles. The van der Waals surface area contributed by atoms with E-state index in [1.807, 2.05) is 0 Å². The SMILES string of the molecule is CCOc1cc(C(=O)OC)c(F)cc1N. The van der Waals surface area contributed by atoms with Crippen LogP contribution in [0.5, 0.6) is 5.75 Å². The monoisotopic (exact) mass is 213 g/mol. The van der Waals surface area contributed by atoms with Gasteiger partial charge in [0.25, 0.3) is 0 Å². The summed E-state index contributed by atoms with van der Waals surface area (Å²) in [7, 11) is 1.18. The van der Waals surface area contributed by atoms with Crippen molar-refractivity contribution in [1.82, 2.24) is 0 Å². The van der Waals surface area contributed by atoms with Crippen LogP contribution >= 0.6 is 0 Å². The van der Waals surface area contributed by atoms with E-state index in [0.717, 1.165) is 6.07 Å². The molecule has 0 atom stereocenters. The molecule has 1 aromatic rings. The molecule has 0 radical (unpaired) electrons. The average Bonchev–Trinajstić information content (AvgIpc) is 2.21.